The Bertz CT molecular complexity index is 766. The lowest BCUT2D eigenvalue weighted by atomic mass is 9.92. The highest BCUT2D eigenvalue weighted by Gasteiger charge is 2.19. The summed E-state index contributed by atoms with van der Waals surface area (Å²) in [6.45, 7) is 1.08. The molecular formula is C19H19NO4. The van der Waals surface area contributed by atoms with E-state index in [1.54, 1.807) is 14.2 Å². The van der Waals surface area contributed by atoms with E-state index in [0.29, 0.717) is 25.4 Å². The Hall–Kier alpha value is -2.87. The molecule has 1 heterocycles. The summed E-state index contributed by atoms with van der Waals surface area (Å²) in [6, 6.07) is 13.6. The average molecular weight is 325 g/mol. The standard InChI is InChI=1S/C19H19NO4/c1-21-16-4-6-17(22-2)14(10-16)9-15(12-20)13-3-5-18-19(11-13)24-8-7-23-18/h3-6,10-11,15H,7-9H2,1-2H3. The minimum atomic E-state index is -0.318. The zero-order valence-electron chi connectivity index (χ0n) is 13.7. The third-order valence-corrected chi connectivity index (χ3v) is 4.04. The Morgan fingerprint density at radius 1 is 1.04 bits per heavy atom. The summed E-state index contributed by atoms with van der Waals surface area (Å²) >= 11 is 0. The maximum absolute atomic E-state index is 9.64. The van der Waals surface area contributed by atoms with Crippen LogP contribution in [0.2, 0.25) is 0 Å². The summed E-state index contributed by atoms with van der Waals surface area (Å²) in [5, 5.41) is 9.64. The summed E-state index contributed by atoms with van der Waals surface area (Å²) in [4.78, 5) is 0. The van der Waals surface area contributed by atoms with E-state index in [2.05, 4.69) is 6.07 Å². The topological polar surface area (TPSA) is 60.7 Å². The van der Waals surface area contributed by atoms with Crippen molar-refractivity contribution in [1.29, 1.82) is 5.26 Å². The van der Waals surface area contributed by atoms with Gasteiger partial charge in [0.05, 0.1) is 26.2 Å². The molecule has 124 valence electrons. The van der Waals surface area contributed by atoms with Gasteiger partial charge in [-0.15, -0.1) is 0 Å². The van der Waals surface area contributed by atoms with E-state index >= 15 is 0 Å². The molecule has 5 nitrogen and oxygen atoms in total. The molecule has 0 N–H and O–H groups in total. The fourth-order valence-corrected chi connectivity index (χ4v) is 2.78. The second-order valence-corrected chi connectivity index (χ2v) is 5.47. The number of methoxy groups -OCH3 is 2. The van der Waals surface area contributed by atoms with Crippen LogP contribution in [0.1, 0.15) is 17.0 Å². The number of benzene rings is 2. The molecule has 0 aromatic heterocycles. The minimum Gasteiger partial charge on any atom is -0.497 e. The van der Waals surface area contributed by atoms with Gasteiger partial charge >= 0.3 is 0 Å². The van der Waals surface area contributed by atoms with Gasteiger partial charge in [-0.2, -0.15) is 5.26 Å². The number of ether oxygens (including phenoxy) is 4. The van der Waals surface area contributed by atoms with Gasteiger partial charge in [0, 0.05) is 0 Å². The van der Waals surface area contributed by atoms with Crippen molar-refractivity contribution in [3.8, 4) is 29.1 Å². The van der Waals surface area contributed by atoms with Crippen molar-refractivity contribution in [2.45, 2.75) is 12.3 Å². The summed E-state index contributed by atoms with van der Waals surface area (Å²) in [6.07, 6.45) is 0.524. The van der Waals surface area contributed by atoms with Gasteiger partial charge in [-0.05, 0) is 47.9 Å². The largest absolute Gasteiger partial charge is 0.497 e. The van der Waals surface area contributed by atoms with Crippen molar-refractivity contribution in [2.75, 3.05) is 27.4 Å². The first-order chi connectivity index (χ1) is 11.7. The smallest absolute Gasteiger partial charge is 0.161 e. The van der Waals surface area contributed by atoms with Gasteiger partial charge in [0.2, 0.25) is 0 Å². The summed E-state index contributed by atoms with van der Waals surface area (Å²) in [5.74, 6) is 2.58. The Kier molecular flexibility index (Phi) is 4.76. The van der Waals surface area contributed by atoms with E-state index in [4.69, 9.17) is 18.9 Å². The van der Waals surface area contributed by atoms with Crippen molar-refractivity contribution >= 4 is 0 Å². The highest BCUT2D eigenvalue weighted by Crippen LogP contribution is 2.35. The number of nitrogens with zero attached hydrogens (tertiary/aromatic N) is 1. The molecular weight excluding hydrogens is 306 g/mol. The number of hydrogen-bond donors (Lipinski definition) is 0. The third-order valence-electron chi connectivity index (χ3n) is 4.04. The lowest BCUT2D eigenvalue weighted by Gasteiger charge is -2.20. The zero-order valence-corrected chi connectivity index (χ0v) is 13.7. The molecule has 1 unspecified atom stereocenters. The maximum atomic E-state index is 9.64. The predicted octanol–water partition coefficient (Wildman–Crippen LogP) is 3.32. The van der Waals surface area contributed by atoms with Crippen LogP contribution in [0.3, 0.4) is 0 Å². The van der Waals surface area contributed by atoms with Crippen molar-refractivity contribution in [3.63, 3.8) is 0 Å². The third kappa shape index (κ3) is 3.23. The maximum Gasteiger partial charge on any atom is 0.161 e. The molecule has 3 rings (SSSR count). The van der Waals surface area contributed by atoms with E-state index < -0.39 is 0 Å². The first-order valence-electron chi connectivity index (χ1n) is 7.75. The second kappa shape index (κ2) is 7.14. The Balaban J connectivity index is 1.89. The molecule has 1 atom stereocenters. The van der Waals surface area contributed by atoms with E-state index in [1.165, 1.54) is 0 Å². The van der Waals surface area contributed by atoms with Crippen LogP contribution in [0.15, 0.2) is 36.4 Å². The highest BCUT2D eigenvalue weighted by molar-refractivity contribution is 5.47. The average Bonchev–Trinajstić information content (AvgIpc) is 2.65. The molecule has 0 amide bonds. The predicted molar refractivity (Wildman–Crippen MR) is 89.0 cm³/mol. The monoisotopic (exact) mass is 325 g/mol. The summed E-state index contributed by atoms with van der Waals surface area (Å²) in [7, 11) is 3.24. The van der Waals surface area contributed by atoms with E-state index in [0.717, 1.165) is 28.4 Å². The lowest BCUT2D eigenvalue weighted by molar-refractivity contribution is 0.171. The zero-order chi connectivity index (χ0) is 16.9. The lowest BCUT2D eigenvalue weighted by Crippen LogP contribution is -2.15. The van der Waals surface area contributed by atoms with Crippen LogP contribution in [0.5, 0.6) is 23.0 Å². The molecule has 0 spiro atoms. The van der Waals surface area contributed by atoms with Gasteiger partial charge in [0.25, 0.3) is 0 Å². The van der Waals surface area contributed by atoms with Crippen molar-refractivity contribution in [3.05, 3.63) is 47.5 Å². The molecule has 5 heteroatoms. The Labute approximate surface area is 141 Å². The van der Waals surface area contributed by atoms with Gasteiger partial charge in [0.15, 0.2) is 11.5 Å². The Morgan fingerprint density at radius 2 is 1.83 bits per heavy atom. The summed E-state index contributed by atoms with van der Waals surface area (Å²) in [5.41, 5.74) is 1.82. The number of fused-ring (bicyclic) bond motifs is 1. The quantitative estimate of drug-likeness (QED) is 0.844. The van der Waals surface area contributed by atoms with Crippen LogP contribution in [0.4, 0.5) is 0 Å². The van der Waals surface area contributed by atoms with Gasteiger partial charge in [-0.3, -0.25) is 0 Å². The highest BCUT2D eigenvalue weighted by atomic mass is 16.6. The fourth-order valence-electron chi connectivity index (χ4n) is 2.78. The van der Waals surface area contributed by atoms with Crippen molar-refractivity contribution in [1.82, 2.24) is 0 Å². The first-order valence-corrected chi connectivity index (χ1v) is 7.75. The van der Waals surface area contributed by atoms with Crippen LogP contribution in [-0.4, -0.2) is 27.4 Å². The molecule has 0 saturated carbocycles. The molecule has 1 aliphatic rings. The second-order valence-electron chi connectivity index (χ2n) is 5.47. The normalized spacial score (nSPS) is 13.7. The Morgan fingerprint density at radius 3 is 2.54 bits per heavy atom. The van der Waals surface area contributed by atoms with E-state index in [9.17, 15) is 5.26 Å². The number of nitriles is 1. The number of hydrogen-bond acceptors (Lipinski definition) is 5. The number of rotatable bonds is 5. The molecule has 0 bridgehead atoms. The molecule has 2 aromatic carbocycles. The summed E-state index contributed by atoms with van der Waals surface area (Å²) < 4.78 is 21.8. The molecule has 0 saturated heterocycles. The molecule has 1 aliphatic heterocycles. The van der Waals surface area contributed by atoms with Gasteiger partial charge in [-0.1, -0.05) is 6.07 Å². The van der Waals surface area contributed by atoms with Gasteiger partial charge in [0.1, 0.15) is 24.7 Å². The van der Waals surface area contributed by atoms with E-state index in [1.807, 2.05) is 36.4 Å². The van der Waals surface area contributed by atoms with Gasteiger partial charge in [-0.25, -0.2) is 0 Å². The van der Waals surface area contributed by atoms with Crippen molar-refractivity contribution < 1.29 is 18.9 Å². The molecule has 0 radical (unpaired) electrons. The van der Waals surface area contributed by atoms with E-state index in [-0.39, 0.29) is 5.92 Å². The SMILES string of the molecule is COc1ccc(OC)c(CC(C#N)c2ccc3c(c2)OCCO3)c1. The molecule has 0 aliphatic carbocycles. The fraction of sp³-hybridized carbons (Fsp3) is 0.316. The van der Waals surface area contributed by atoms with Crippen LogP contribution in [-0.2, 0) is 6.42 Å². The van der Waals surface area contributed by atoms with Crippen LogP contribution in [0, 0.1) is 11.3 Å². The molecule has 2 aromatic rings. The van der Waals surface area contributed by atoms with Crippen molar-refractivity contribution in [2.24, 2.45) is 0 Å². The molecule has 24 heavy (non-hydrogen) atoms. The first kappa shape index (κ1) is 16.0. The molecule has 0 fully saturated rings. The van der Waals surface area contributed by atoms with Crippen LogP contribution in [0.25, 0.3) is 0 Å². The van der Waals surface area contributed by atoms with Gasteiger partial charge < -0.3 is 18.9 Å². The van der Waals surface area contributed by atoms with Crippen LogP contribution < -0.4 is 18.9 Å². The minimum absolute atomic E-state index is 0.318. The van der Waals surface area contributed by atoms with Crippen LogP contribution >= 0.6 is 0 Å².